The Morgan fingerprint density at radius 3 is 2.59 bits per heavy atom. The smallest absolute Gasteiger partial charge is 0.341 e. The molecule has 156 valence electrons. The first-order valence-corrected chi connectivity index (χ1v) is 9.25. The van der Waals surface area contributed by atoms with Crippen LogP contribution in [0.2, 0.25) is 0 Å². The van der Waals surface area contributed by atoms with Gasteiger partial charge in [-0.15, -0.1) is 24.8 Å². The van der Waals surface area contributed by atoms with Gasteiger partial charge in [0.05, 0.1) is 11.4 Å². The van der Waals surface area contributed by atoms with Crippen LogP contribution in [0.15, 0.2) is 35.4 Å². The summed E-state index contributed by atoms with van der Waals surface area (Å²) in [6, 6.07) is 5.30. The van der Waals surface area contributed by atoms with Gasteiger partial charge in [0.25, 0.3) is 5.56 Å². The number of nitrogens with one attached hydrogen (secondary N) is 1. The lowest BCUT2D eigenvalue weighted by Crippen LogP contribution is -2.19. The highest BCUT2D eigenvalue weighted by Crippen LogP contribution is 2.23. The van der Waals surface area contributed by atoms with Crippen molar-refractivity contribution in [1.29, 1.82) is 0 Å². The number of hydrogen-bond donors (Lipinski definition) is 2. The molecule has 0 unspecified atom stereocenters. The molecule has 0 radical (unpaired) electrons. The summed E-state index contributed by atoms with van der Waals surface area (Å²) in [7, 11) is 0. The van der Waals surface area contributed by atoms with E-state index < -0.39 is 11.5 Å². The van der Waals surface area contributed by atoms with Gasteiger partial charge in [0.2, 0.25) is 0 Å². The molecule has 2 N–H and O–H groups in total. The molecule has 3 aromatic rings. The number of imidazole rings is 1. The van der Waals surface area contributed by atoms with Crippen LogP contribution in [-0.2, 0) is 13.0 Å². The van der Waals surface area contributed by atoms with Gasteiger partial charge >= 0.3 is 5.97 Å². The number of carboxylic acids is 1. The Hall–Kier alpha value is -2.35. The van der Waals surface area contributed by atoms with Crippen LogP contribution in [0, 0.1) is 0 Å². The van der Waals surface area contributed by atoms with E-state index in [-0.39, 0.29) is 30.4 Å². The minimum atomic E-state index is -1.21. The zero-order valence-electron chi connectivity index (χ0n) is 16.1. The van der Waals surface area contributed by atoms with Crippen LogP contribution in [-0.4, -0.2) is 43.4 Å². The third-order valence-corrected chi connectivity index (χ3v) is 5.11. The molecule has 0 bridgehead atoms. The topological polar surface area (TPSA) is 90.7 Å². The van der Waals surface area contributed by atoms with Crippen molar-refractivity contribution in [1.82, 2.24) is 19.3 Å². The van der Waals surface area contributed by atoms with E-state index >= 15 is 0 Å². The Morgan fingerprint density at radius 1 is 1.21 bits per heavy atom. The van der Waals surface area contributed by atoms with Crippen LogP contribution >= 0.6 is 24.8 Å². The van der Waals surface area contributed by atoms with Crippen molar-refractivity contribution in [3.8, 4) is 11.3 Å². The Bertz CT molecular complexity index is 1070. The molecule has 1 saturated heterocycles. The molecule has 0 aliphatic carbocycles. The van der Waals surface area contributed by atoms with E-state index in [2.05, 4.69) is 14.9 Å². The van der Waals surface area contributed by atoms with Crippen LogP contribution in [0.1, 0.15) is 41.4 Å². The van der Waals surface area contributed by atoms with Gasteiger partial charge < -0.3 is 14.5 Å². The third kappa shape index (κ3) is 4.63. The summed E-state index contributed by atoms with van der Waals surface area (Å²) in [5, 5.41) is 9.17. The molecule has 0 atom stereocenters. The number of likely N-dealkylation sites (tertiary alicyclic amines) is 1. The number of aromatic amines is 1. The maximum absolute atomic E-state index is 12.1. The number of halogens is 2. The summed E-state index contributed by atoms with van der Waals surface area (Å²) in [6.07, 6.45) is 7.07. The molecule has 29 heavy (non-hydrogen) atoms. The van der Waals surface area contributed by atoms with Gasteiger partial charge in [0.1, 0.15) is 11.2 Å². The van der Waals surface area contributed by atoms with Crippen LogP contribution in [0.5, 0.6) is 0 Å². The molecule has 0 saturated carbocycles. The average molecular weight is 439 g/mol. The molecule has 3 aromatic heterocycles. The van der Waals surface area contributed by atoms with Crippen molar-refractivity contribution < 1.29 is 9.90 Å². The Balaban J connectivity index is 0.00000150. The average Bonchev–Trinajstić information content (AvgIpc) is 3.29. The number of carboxylic acid groups (broad SMARTS) is 1. The molecular weight excluding hydrogens is 415 g/mol. The van der Waals surface area contributed by atoms with E-state index in [4.69, 9.17) is 0 Å². The van der Waals surface area contributed by atoms with Crippen molar-refractivity contribution in [3.63, 3.8) is 0 Å². The van der Waals surface area contributed by atoms with Crippen molar-refractivity contribution in [2.45, 2.75) is 32.7 Å². The predicted molar refractivity (Wildman–Crippen MR) is 117 cm³/mol. The Morgan fingerprint density at radius 2 is 1.93 bits per heavy atom. The zero-order valence-corrected chi connectivity index (χ0v) is 17.7. The summed E-state index contributed by atoms with van der Waals surface area (Å²) in [4.78, 5) is 33.2. The summed E-state index contributed by atoms with van der Waals surface area (Å²) < 4.78 is 1.96. The highest BCUT2D eigenvalue weighted by Gasteiger charge is 2.16. The maximum Gasteiger partial charge on any atom is 0.341 e. The maximum atomic E-state index is 12.1. The van der Waals surface area contributed by atoms with Crippen molar-refractivity contribution in [2.24, 2.45) is 0 Å². The fourth-order valence-electron chi connectivity index (χ4n) is 3.71. The molecule has 0 amide bonds. The van der Waals surface area contributed by atoms with E-state index in [0.29, 0.717) is 12.1 Å². The second-order valence-corrected chi connectivity index (χ2v) is 6.97. The van der Waals surface area contributed by atoms with Gasteiger partial charge in [-0.3, -0.25) is 9.69 Å². The molecule has 0 aromatic carbocycles. The summed E-state index contributed by atoms with van der Waals surface area (Å²) in [5.41, 5.74) is 3.35. The highest BCUT2D eigenvalue weighted by atomic mass is 35.5. The standard InChI is InChI=1S/C20H22N4O3.2ClH/c1-2-13-9-16(20(26)27)19(25)22-18(13)14-5-6-17-21-15(12-24(17)10-14)11-23-7-3-4-8-23;;/h5-6,9-10,12H,2-4,7-8,11H2,1H3,(H,22,25)(H,26,27);2*1H. The number of aromatic carboxylic acids is 1. The predicted octanol–water partition coefficient (Wildman–Crippen LogP) is 3.39. The van der Waals surface area contributed by atoms with Gasteiger partial charge in [-0.1, -0.05) is 6.92 Å². The van der Waals surface area contributed by atoms with Gasteiger partial charge in [-0.05, 0) is 56.1 Å². The molecule has 1 aliphatic heterocycles. The first kappa shape index (κ1) is 22.9. The number of aryl methyl sites for hydroxylation is 1. The lowest BCUT2D eigenvalue weighted by atomic mass is 10.0. The van der Waals surface area contributed by atoms with Gasteiger partial charge in [0.15, 0.2) is 0 Å². The number of hydrogen-bond acceptors (Lipinski definition) is 4. The van der Waals surface area contributed by atoms with E-state index in [9.17, 15) is 14.7 Å². The zero-order chi connectivity index (χ0) is 19.0. The monoisotopic (exact) mass is 438 g/mol. The second kappa shape index (κ2) is 9.43. The van der Waals surface area contributed by atoms with E-state index in [1.807, 2.05) is 35.9 Å². The fraction of sp³-hybridized carbons (Fsp3) is 0.350. The largest absolute Gasteiger partial charge is 0.477 e. The number of pyridine rings is 2. The van der Waals surface area contributed by atoms with Crippen molar-refractivity contribution in [2.75, 3.05) is 13.1 Å². The van der Waals surface area contributed by atoms with E-state index in [0.717, 1.165) is 42.1 Å². The minimum absolute atomic E-state index is 0. The van der Waals surface area contributed by atoms with Crippen molar-refractivity contribution in [3.05, 3.63) is 57.8 Å². The van der Waals surface area contributed by atoms with Crippen LogP contribution < -0.4 is 5.56 Å². The van der Waals surface area contributed by atoms with Crippen LogP contribution in [0.3, 0.4) is 0 Å². The van der Waals surface area contributed by atoms with Crippen LogP contribution in [0.4, 0.5) is 0 Å². The van der Waals surface area contributed by atoms with Crippen LogP contribution in [0.25, 0.3) is 16.9 Å². The minimum Gasteiger partial charge on any atom is -0.477 e. The number of rotatable bonds is 5. The normalized spacial score (nSPS) is 13.8. The number of H-pyrrole nitrogens is 1. The number of carbonyl (C=O) groups is 1. The number of aromatic nitrogens is 3. The molecule has 1 aliphatic rings. The molecule has 1 fully saturated rings. The highest BCUT2D eigenvalue weighted by molar-refractivity contribution is 5.88. The molecule has 4 heterocycles. The summed E-state index contributed by atoms with van der Waals surface area (Å²) in [5.74, 6) is -1.21. The molecule has 9 heteroatoms. The first-order valence-electron chi connectivity index (χ1n) is 9.25. The molecular formula is C20H24Cl2N4O3. The second-order valence-electron chi connectivity index (χ2n) is 6.97. The first-order chi connectivity index (χ1) is 13.0. The lowest BCUT2D eigenvalue weighted by Gasteiger charge is -2.11. The van der Waals surface area contributed by atoms with Gasteiger partial charge in [0, 0.05) is 24.5 Å². The fourth-order valence-corrected chi connectivity index (χ4v) is 3.71. The molecule has 0 spiro atoms. The molecule has 4 rings (SSSR count). The quantitative estimate of drug-likeness (QED) is 0.636. The van der Waals surface area contributed by atoms with Crippen molar-refractivity contribution >= 4 is 36.4 Å². The van der Waals surface area contributed by atoms with E-state index in [1.54, 1.807) is 0 Å². The van der Waals surface area contributed by atoms with Gasteiger partial charge in [-0.25, -0.2) is 9.78 Å². The SMILES string of the molecule is CCc1cc(C(=O)O)c(=O)[nH]c1-c1ccc2nc(CN3CCCC3)cn2c1.Cl.Cl. The third-order valence-electron chi connectivity index (χ3n) is 5.11. The van der Waals surface area contributed by atoms with Gasteiger partial charge in [-0.2, -0.15) is 0 Å². The number of fused-ring (bicyclic) bond motifs is 1. The van der Waals surface area contributed by atoms with E-state index in [1.165, 1.54) is 18.9 Å². The Labute approximate surface area is 180 Å². The molecule has 7 nitrogen and oxygen atoms in total. The summed E-state index contributed by atoms with van der Waals surface area (Å²) >= 11 is 0. The lowest BCUT2D eigenvalue weighted by molar-refractivity contribution is 0.0695. The Kier molecular flexibility index (Phi) is 7.46. The number of nitrogens with zero attached hydrogens (tertiary/aromatic N) is 3. The summed E-state index contributed by atoms with van der Waals surface area (Å²) in [6.45, 7) is 5.03.